The van der Waals surface area contributed by atoms with E-state index in [-0.39, 0.29) is 24.0 Å². The summed E-state index contributed by atoms with van der Waals surface area (Å²) in [6, 6.07) is 7.94. The van der Waals surface area contributed by atoms with Crippen LogP contribution in [0.2, 0.25) is 5.02 Å². The van der Waals surface area contributed by atoms with Gasteiger partial charge in [0.2, 0.25) is 5.91 Å². The smallest absolute Gasteiger partial charge is 0.225 e. The number of carbonyl (C=O) groups excluding carboxylic acids is 1. The number of nitrogens with zero attached hydrogens (tertiary/aromatic N) is 1. The molecule has 0 saturated carbocycles. The van der Waals surface area contributed by atoms with Gasteiger partial charge in [0, 0.05) is 11.6 Å². The van der Waals surface area contributed by atoms with E-state index in [9.17, 15) is 4.79 Å². The Balaban J connectivity index is 1.60. The van der Waals surface area contributed by atoms with Crippen LogP contribution in [0.5, 0.6) is 0 Å². The largest absolute Gasteiger partial charge is 0.374 e. The highest BCUT2D eigenvalue weighted by Gasteiger charge is 2.44. The summed E-state index contributed by atoms with van der Waals surface area (Å²) in [6.07, 6.45) is 3.46. The van der Waals surface area contributed by atoms with Crippen LogP contribution in [0.1, 0.15) is 30.9 Å². The molecule has 0 unspecified atom stereocenters. The molecule has 2 aliphatic rings. The fraction of sp³-hybridized carbons (Fsp3) is 0.588. The van der Waals surface area contributed by atoms with Crippen LogP contribution in [0.25, 0.3) is 0 Å². The molecule has 2 aliphatic heterocycles. The second kappa shape index (κ2) is 6.57. The molecular weight excluding hydrogens is 300 g/mol. The quantitative estimate of drug-likeness (QED) is 0.906. The number of carbonyl (C=O) groups is 1. The van der Waals surface area contributed by atoms with Crippen molar-refractivity contribution in [1.29, 1.82) is 0 Å². The van der Waals surface area contributed by atoms with Crippen LogP contribution in [0.3, 0.4) is 0 Å². The van der Waals surface area contributed by atoms with Gasteiger partial charge in [-0.3, -0.25) is 4.79 Å². The molecule has 0 spiro atoms. The van der Waals surface area contributed by atoms with Crippen molar-refractivity contribution in [2.24, 2.45) is 5.92 Å². The number of ether oxygens (including phenoxy) is 1. The van der Waals surface area contributed by atoms with Gasteiger partial charge in [-0.1, -0.05) is 23.7 Å². The van der Waals surface area contributed by atoms with E-state index in [2.05, 4.69) is 10.2 Å². The van der Waals surface area contributed by atoms with Gasteiger partial charge in [-0.2, -0.15) is 0 Å². The number of rotatable bonds is 5. The van der Waals surface area contributed by atoms with Crippen molar-refractivity contribution in [3.05, 3.63) is 34.9 Å². The highest BCUT2D eigenvalue weighted by Crippen LogP contribution is 2.38. The number of benzene rings is 1. The van der Waals surface area contributed by atoms with E-state index in [1.54, 1.807) is 0 Å². The van der Waals surface area contributed by atoms with Gasteiger partial charge in [0.05, 0.1) is 24.2 Å². The lowest BCUT2D eigenvalue weighted by atomic mass is 9.88. The van der Waals surface area contributed by atoms with Crippen LogP contribution >= 0.6 is 11.6 Å². The van der Waals surface area contributed by atoms with Crippen molar-refractivity contribution >= 4 is 17.5 Å². The highest BCUT2D eigenvalue weighted by atomic mass is 35.5. The molecule has 1 aromatic carbocycles. The average Bonchev–Trinajstić information content (AvgIpc) is 3.11. The Morgan fingerprint density at radius 2 is 2.09 bits per heavy atom. The molecule has 3 rings (SSSR count). The van der Waals surface area contributed by atoms with Gasteiger partial charge in [0.1, 0.15) is 0 Å². The van der Waals surface area contributed by atoms with Crippen LogP contribution in [-0.4, -0.2) is 43.7 Å². The molecule has 1 N–H and O–H groups in total. The van der Waals surface area contributed by atoms with Gasteiger partial charge in [0.25, 0.3) is 0 Å². The fourth-order valence-corrected chi connectivity index (χ4v) is 3.65. The number of hydrogen-bond donors (Lipinski definition) is 1. The zero-order valence-corrected chi connectivity index (χ0v) is 13.8. The van der Waals surface area contributed by atoms with E-state index in [4.69, 9.17) is 16.3 Å². The summed E-state index contributed by atoms with van der Waals surface area (Å²) in [5, 5.41) is 3.84. The average molecular weight is 323 g/mol. The van der Waals surface area contributed by atoms with Gasteiger partial charge < -0.3 is 15.0 Å². The molecule has 4 atom stereocenters. The third kappa shape index (κ3) is 3.29. The monoisotopic (exact) mass is 322 g/mol. The van der Waals surface area contributed by atoms with Gasteiger partial charge in [0.15, 0.2) is 0 Å². The lowest BCUT2D eigenvalue weighted by Gasteiger charge is -2.26. The van der Waals surface area contributed by atoms with E-state index < -0.39 is 0 Å². The molecule has 22 heavy (non-hydrogen) atoms. The third-order valence-electron chi connectivity index (χ3n) is 4.79. The number of nitrogens with one attached hydrogen (secondary N) is 1. The first-order valence-corrected chi connectivity index (χ1v) is 8.27. The number of likely N-dealkylation sites (N-methyl/N-ethyl adjacent to an activating group) is 1. The molecular formula is C17H23ClN2O2. The molecule has 2 bridgehead atoms. The Kier molecular flexibility index (Phi) is 4.71. The minimum absolute atomic E-state index is 0.0341. The van der Waals surface area contributed by atoms with Crippen LogP contribution in [0.15, 0.2) is 24.3 Å². The summed E-state index contributed by atoms with van der Waals surface area (Å²) in [7, 11) is 4.04. The SMILES string of the molecule is CN(C)[C@@H](CNC(=O)[C@@H]1C[C@H]2CC[C@H]1O2)c1ccc(Cl)cc1. The Hall–Kier alpha value is -1.10. The van der Waals surface area contributed by atoms with E-state index in [0.29, 0.717) is 12.6 Å². The maximum atomic E-state index is 12.4. The number of fused-ring (bicyclic) bond motifs is 2. The first kappa shape index (κ1) is 15.8. The van der Waals surface area contributed by atoms with E-state index >= 15 is 0 Å². The molecule has 0 aromatic heterocycles. The Bertz CT molecular complexity index is 532. The first-order valence-electron chi connectivity index (χ1n) is 7.89. The van der Waals surface area contributed by atoms with Crippen molar-refractivity contribution in [2.75, 3.05) is 20.6 Å². The Morgan fingerprint density at radius 3 is 2.64 bits per heavy atom. The predicted molar refractivity (Wildman–Crippen MR) is 86.9 cm³/mol. The van der Waals surface area contributed by atoms with Gasteiger partial charge in [-0.15, -0.1) is 0 Å². The van der Waals surface area contributed by atoms with Crippen LogP contribution in [0.4, 0.5) is 0 Å². The lowest BCUT2D eigenvalue weighted by molar-refractivity contribution is -0.126. The molecule has 4 nitrogen and oxygen atoms in total. The summed E-state index contributed by atoms with van der Waals surface area (Å²) < 4.78 is 5.77. The first-order chi connectivity index (χ1) is 10.5. The lowest BCUT2D eigenvalue weighted by Crippen LogP contribution is -2.40. The van der Waals surface area contributed by atoms with Crippen LogP contribution in [0, 0.1) is 5.92 Å². The minimum Gasteiger partial charge on any atom is -0.374 e. The summed E-state index contributed by atoms with van der Waals surface area (Å²) in [4.78, 5) is 14.5. The molecule has 0 radical (unpaired) electrons. The summed E-state index contributed by atoms with van der Waals surface area (Å²) in [6.45, 7) is 0.599. The summed E-state index contributed by atoms with van der Waals surface area (Å²) in [5.41, 5.74) is 1.15. The minimum atomic E-state index is 0.0341. The molecule has 5 heteroatoms. The molecule has 2 fully saturated rings. The normalized spacial score (nSPS) is 28.1. The Labute approximate surface area is 136 Å². The van der Waals surface area contributed by atoms with Gasteiger partial charge in [-0.05, 0) is 51.1 Å². The van der Waals surface area contributed by atoms with Crippen LogP contribution in [-0.2, 0) is 9.53 Å². The van der Waals surface area contributed by atoms with Crippen molar-refractivity contribution in [1.82, 2.24) is 10.2 Å². The van der Waals surface area contributed by atoms with Gasteiger partial charge >= 0.3 is 0 Å². The maximum absolute atomic E-state index is 12.4. The zero-order valence-electron chi connectivity index (χ0n) is 13.1. The molecule has 1 amide bonds. The summed E-state index contributed by atoms with van der Waals surface area (Å²) >= 11 is 5.95. The van der Waals surface area contributed by atoms with E-state index in [0.717, 1.165) is 29.8 Å². The van der Waals surface area contributed by atoms with Crippen molar-refractivity contribution in [2.45, 2.75) is 37.5 Å². The number of amides is 1. The zero-order chi connectivity index (χ0) is 15.7. The Morgan fingerprint density at radius 1 is 1.36 bits per heavy atom. The van der Waals surface area contributed by atoms with Crippen LogP contribution < -0.4 is 5.32 Å². The highest BCUT2D eigenvalue weighted by molar-refractivity contribution is 6.30. The molecule has 2 saturated heterocycles. The fourth-order valence-electron chi connectivity index (χ4n) is 3.53. The summed E-state index contributed by atoms with van der Waals surface area (Å²) in [5.74, 6) is 0.166. The predicted octanol–water partition coefficient (Wildman–Crippen LogP) is 2.63. The van der Waals surface area contributed by atoms with Crippen molar-refractivity contribution < 1.29 is 9.53 Å². The van der Waals surface area contributed by atoms with E-state index in [1.807, 2.05) is 38.4 Å². The van der Waals surface area contributed by atoms with Crippen molar-refractivity contribution in [3.63, 3.8) is 0 Å². The van der Waals surface area contributed by atoms with E-state index in [1.165, 1.54) is 0 Å². The maximum Gasteiger partial charge on any atom is 0.225 e. The molecule has 0 aliphatic carbocycles. The molecule has 2 heterocycles. The molecule has 120 valence electrons. The topological polar surface area (TPSA) is 41.6 Å². The second-order valence-electron chi connectivity index (χ2n) is 6.49. The molecule has 1 aromatic rings. The van der Waals surface area contributed by atoms with Gasteiger partial charge in [-0.25, -0.2) is 0 Å². The number of hydrogen-bond acceptors (Lipinski definition) is 3. The standard InChI is InChI=1S/C17H23ClN2O2/c1-20(2)15(11-3-5-12(18)6-4-11)10-19-17(21)14-9-13-7-8-16(14)22-13/h3-6,13-16H,7-10H2,1-2H3,(H,19,21)/t13-,14-,15+,16-/m1/s1. The third-order valence-corrected chi connectivity index (χ3v) is 5.04. The number of halogens is 1. The second-order valence-corrected chi connectivity index (χ2v) is 6.93. The van der Waals surface area contributed by atoms with Crippen molar-refractivity contribution in [3.8, 4) is 0 Å².